The van der Waals surface area contributed by atoms with Crippen LogP contribution in [0.15, 0.2) is 88.3 Å². The molecule has 0 N–H and O–H groups in total. The van der Waals surface area contributed by atoms with Crippen molar-refractivity contribution in [1.29, 1.82) is 0 Å². The van der Waals surface area contributed by atoms with Gasteiger partial charge in [-0.2, -0.15) is 0 Å². The second-order valence-corrected chi connectivity index (χ2v) is 9.80. The maximum atomic E-state index is 13.3. The highest BCUT2D eigenvalue weighted by molar-refractivity contribution is 6.07. The topological polar surface area (TPSA) is 122 Å². The molecule has 2 aliphatic heterocycles. The smallest absolute Gasteiger partial charge is 0.488 e. The molecule has 5 rings (SSSR count). The highest BCUT2D eigenvalue weighted by Crippen LogP contribution is 2.48. The Bertz CT molecular complexity index is 1650. The molecule has 10 heteroatoms. The van der Waals surface area contributed by atoms with Crippen LogP contribution in [-0.4, -0.2) is 54.9 Å². The van der Waals surface area contributed by atoms with Crippen molar-refractivity contribution >= 4 is 39.8 Å². The lowest BCUT2D eigenvalue weighted by Gasteiger charge is -2.47. The molecule has 0 saturated carbocycles. The fraction of sp³-hybridized carbons (Fsp3) is 0.290. The van der Waals surface area contributed by atoms with E-state index in [-0.39, 0.29) is 37.3 Å². The Kier molecular flexibility index (Phi) is 7.65. The van der Waals surface area contributed by atoms with E-state index in [2.05, 4.69) is 13.2 Å². The highest BCUT2D eigenvalue weighted by Gasteiger charge is 2.61. The molecule has 0 radical (unpaired) electrons. The Hall–Kier alpha value is -4.86. The van der Waals surface area contributed by atoms with Gasteiger partial charge < -0.3 is 28.3 Å². The monoisotopic (exact) mass is 559 g/mol. The van der Waals surface area contributed by atoms with Crippen LogP contribution < -0.4 is 10.4 Å². The van der Waals surface area contributed by atoms with E-state index in [4.69, 9.17) is 23.4 Å². The summed E-state index contributed by atoms with van der Waals surface area (Å²) >= 11 is 0. The average molecular weight is 560 g/mol. The highest BCUT2D eigenvalue weighted by atomic mass is 16.7. The number of β-lactam (4-membered cyclic amide) rings is 1. The van der Waals surface area contributed by atoms with Gasteiger partial charge in [0.2, 0.25) is 5.91 Å². The van der Waals surface area contributed by atoms with Crippen LogP contribution in [0.2, 0.25) is 0 Å². The van der Waals surface area contributed by atoms with E-state index in [9.17, 15) is 19.2 Å². The summed E-state index contributed by atoms with van der Waals surface area (Å²) in [6, 6.07) is 11.8. The summed E-state index contributed by atoms with van der Waals surface area (Å²) in [6.07, 6.45) is 1.12. The number of benzene rings is 2. The lowest BCUT2D eigenvalue weighted by atomic mass is 9.77. The van der Waals surface area contributed by atoms with Gasteiger partial charge in [0.25, 0.3) is 0 Å². The normalized spacial score (nSPS) is 20.3. The Morgan fingerprint density at radius 3 is 2.49 bits per heavy atom. The summed E-state index contributed by atoms with van der Waals surface area (Å²) in [7, 11) is 0. The fourth-order valence-corrected chi connectivity index (χ4v) is 5.57. The third-order valence-electron chi connectivity index (χ3n) is 7.42. The van der Waals surface area contributed by atoms with Gasteiger partial charge in [0.05, 0.1) is 17.3 Å². The summed E-state index contributed by atoms with van der Waals surface area (Å²) in [6.45, 7) is 10.4. The van der Waals surface area contributed by atoms with Crippen molar-refractivity contribution in [2.24, 2.45) is 11.8 Å². The van der Waals surface area contributed by atoms with Crippen LogP contribution in [0.3, 0.4) is 0 Å². The molecule has 0 spiro atoms. The van der Waals surface area contributed by atoms with Crippen LogP contribution in [0.5, 0.6) is 5.75 Å². The van der Waals surface area contributed by atoms with Gasteiger partial charge in [-0.05, 0) is 25.1 Å². The fourth-order valence-electron chi connectivity index (χ4n) is 5.57. The summed E-state index contributed by atoms with van der Waals surface area (Å²) < 4.78 is 27.3. The molecule has 41 heavy (non-hydrogen) atoms. The molecule has 2 aliphatic rings. The van der Waals surface area contributed by atoms with Crippen LogP contribution in [-0.2, 0) is 23.8 Å². The second-order valence-electron chi connectivity index (χ2n) is 9.80. The summed E-state index contributed by atoms with van der Waals surface area (Å²) in [5, 5.41) is 1.64. The van der Waals surface area contributed by atoms with Crippen molar-refractivity contribution in [2.75, 3.05) is 19.8 Å². The minimum Gasteiger partial charge on any atom is -0.488 e. The number of amides is 1. The van der Waals surface area contributed by atoms with E-state index >= 15 is 0 Å². The largest absolute Gasteiger partial charge is 0.508 e. The van der Waals surface area contributed by atoms with Crippen molar-refractivity contribution in [1.82, 2.24) is 4.90 Å². The molecule has 10 nitrogen and oxygen atoms in total. The van der Waals surface area contributed by atoms with Crippen LogP contribution in [0.1, 0.15) is 13.8 Å². The van der Waals surface area contributed by atoms with Gasteiger partial charge in [-0.15, -0.1) is 0 Å². The van der Waals surface area contributed by atoms with Crippen molar-refractivity contribution in [3.8, 4) is 5.75 Å². The van der Waals surface area contributed by atoms with E-state index in [1.165, 1.54) is 17.1 Å². The number of carbonyl (C=O) groups excluding carboxylic acids is 3. The van der Waals surface area contributed by atoms with Gasteiger partial charge in [0.1, 0.15) is 43.0 Å². The molecule has 0 aliphatic carbocycles. The number of ether oxygens (including phenoxy) is 4. The zero-order valence-corrected chi connectivity index (χ0v) is 22.7. The summed E-state index contributed by atoms with van der Waals surface area (Å²) in [4.78, 5) is 52.6. The Balaban J connectivity index is 1.47. The van der Waals surface area contributed by atoms with Gasteiger partial charge >= 0.3 is 17.8 Å². The Morgan fingerprint density at radius 1 is 1.02 bits per heavy atom. The maximum absolute atomic E-state index is 13.3. The van der Waals surface area contributed by atoms with Crippen molar-refractivity contribution < 1.29 is 37.7 Å². The van der Waals surface area contributed by atoms with Gasteiger partial charge in [-0.3, -0.25) is 4.79 Å². The van der Waals surface area contributed by atoms with Crippen molar-refractivity contribution in [3.05, 3.63) is 89.5 Å². The first-order valence-corrected chi connectivity index (χ1v) is 13.1. The molecule has 1 amide bonds. The zero-order chi connectivity index (χ0) is 29.3. The van der Waals surface area contributed by atoms with E-state index in [1.807, 2.05) is 19.1 Å². The van der Waals surface area contributed by atoms with Gasteiger partial charge in [0.15, 0.2) is 0 Å². The van der Waals surface area contributed by atoms with E-state index < -0.39 is 35.8 Å². The zero-order valence-electron chi connectivity index (χ0n) is 22.7. The molecule has 4 atom stereocenters. The minimum absolute atomic E-state index is 0.0240. The van der Waals surface area contributed by atoms with Crippen molar-refractivity contribution in [3.63, 3.8) is 0 Å². The van der Waals surface area contributed by atoms with Crippen molar-refractivity contribution in [2.45, 2.75) is 26.0 Å². The number of rotatable bonds is 10. The Labute approximate surface area is 235 Å². The molecule has 212 valence electrons. The van der Waals surface area contributed by atoms with Gasteiger partial charge in [-0.1, -0.05) is 56.5 Å². The molecule has 3 heterocycles. The molecule has 2 aromatic carbocycles. The van der Waals surface area contributed by atoms with Crippen LogP contribution in [0.25, 0.3) is 21.7 Å². The average Bonchev–Trinajstić information content (AvgIpc) is 3.21. The lowest BCUT2D eigenvalue weighted by molar-refractivity contribution is -0.164. The number of esters is 1. The first-order chi connectivity index (χ1) is 19.8. The summed E-state index contributed by atoms with van der Waals surface area (Å²) in [5.41, 5.74) is 0.563. The standard InChI is InChI=1S/C31H29NO9/c1-5-14-37-30(35)27-21(17(3)26-24(28(33)32(26)27)18(4)40-31(36)38-15-6-2)16-39-23-13-9-11-20-25(23)19-10-7-8-12-22(19)41-29(20)34/h5-13,17-18,24,26H,1-2,14-16H2,3-4H3. The molecular weight excluding hydrogens is 530 g/mol. The van der Waals surface area contributed by atoms with Crippen LogP contribution in [0.4, 0.5) is 4.79 Å². The summed E-state index contributed by atoms with van der Waals surface area (Å²) in [5.74, 6) is -1.68. The lowest BCUT2D eigenvalue weighted by Crippen LogP contribution is -2.64. The predicted octanol–water partition coefficient (Wildman–Crippen LogP) is 4.51. The van der Waals surface area contributed by atoms with E-state index in [0.717, 1.165) is 0 Å². The molecule has 0 bridgehead atoms. The first-order valence-electron chi connectivity index (χ1n) is 13.1. The predicted molar refractivity (Wildman–Crippen MR) is 149 cm³/mol. The number of carbonyl (C=O) groups is 3. The first kappa shape index (κ1) is 27.7. The van der Waals surface area contributed by atoms with Gasteiger partial charge in [0, 0.05) is 22.3 Å². The van der Waals surface area contributed by atoms with Gasteiger partial charge in [-0.25, -0.2) is 14.4 Å². The van der Waals surface area contributed by atoms with E-state index in [1.54, 1.807) is 37.3 Å². The number of hydrogen-bond acceptors (Lipinski definition) is 9. The second kappa shape index (κ2) is 11.3. The number of nitrogens with zero attached hydrogens (tertiary/aromatic N) is 1. The third-order valence-corrected chi connectivity index (χ3v) is 7.42. The maximum Gasteiger partial charge on any atom is 0.508 e. The minimum atomic E-state index is -0.913. The quantitative estimate of drug-likeness (QED) is 0.116. The van der Waals surface area contributed by atoms with Crippen LogP contribution >= 0.6 is 0 Å². The molecule has 1 saturated heterocycles. The van der Waals surface area contributed by atoms with Crippen LogP contribution in [0, 0.1) is 11.8 Å². The SMILES string of the molecule is C=CCOC(=O)OC(C)C1C(=O)N2C(C(=O)OCC=C)=C(COc3cccc4c(=O)oc5ccccc5c34)C(C)C12. The molecule has 4 unspecified atom stereocenters. The van der Waals surface area contributed by atoms with E-state index in [0.29, 0.717) is 33.1 Å². The molecule has 1 fully saturated rings. The number of fused-ring (bicyclic) bond motifs is 4. The molecule has 3 aromatic rings. The molecular formula is C31H29NO9. The molecule has 1 aromatic heterocycles. The Morgan fingerprint density at radius 2 is 1.73 bits per heavy atom. The third kappa shape index (κ3) is 4.86. The number of hydrogen-bond donors (Lipinski definition) is 0. The number of para-hydroxylation sites is 1.